The van der Waals surface area contributed by atoms with Gasteiger partial charge in [-0.2, -0.15) is 5.10 Å². The maximum atomic E-state index is 11.8. The molecule has 0 fully saturated rings. The van der Waals surface area contributed by atoms with E-state index < -0.39 is 0 Å². The summed E-state index contributed by atoms with van der Waals surface area (Å²) in [6.07, 6.45) is 0.266. The number of amides is 1. The third-order valence-corrected chi connectivity index (χ3v) is 4.07. The number of benzene rings is 1. The van der Waals surface area contributed by atoms with Gasteiger partial charge in [-0.25, -0.2) is 10.4 Å². The van der Waals surface area contributed by atoms with E-state index in [1.165, 1.54) is 16.9 Å². The van der Waals surface area contributed by atoms with E-state index in [-0.39, 0.29) is 12.3 Å². The van der Waals surface area contributed by atoms with Gasteiger partial charge < -0.3 is 0 Å². The van der Waals surface area contributed by atoms with Crippen molar-refractivity contribution in [1.82, 2.24) is 10.4 Å². The van der Waals surface area contributed by atoms with Gasteiger partial charge in [0.25, 0.3) is 0 Å². The first-order chi connectivity index (χ1) is 9.95. The Morgan fingerprint density at radius 1 is 1.33 bits per heavy atom. The lowest BCUT2D eigenvalue weighted by atomic mass is 10.0. The Hall–Kier alpha value is -2.01. The molecule has 4 nitrogen and oxygen atoms in total. The standard InChI is InChI=1S/C16H19N3OS/c1-10-5-6-14(11(2)7-10)13(4)18-19-15(20)8-16-17-12(3)9-21-16/h5-7,9H,8H2,1-4H3,(H,19,20)/b18-13-. The number of hydrogen-bond donors (Lipinski definition) is 1. The molecule has 1 heterocycles. The van der Waals surface area contributed by atoms with Crippen LogP contribution in [0.15, 0.2) is 28.7 Å². The van der Waals surface area contributed by atoms with Crippen LogP contribution in [0, 0.1) is 20.8 Å². The Morgan fingerprint density at radius 2 is 2.10 bits per heavy atom. The minimum Gasteiger partial charge on any atom is -0.273 e. The fraction of sp³-hybridized carbons (Fsp3) is 0.312. The number of nitrogens with zero attached hydrogens (tertiary/aromatic N) is 2. The lowest BCUT2D eigenvalue weighted by Gasteiger charge is -2.06. The van der Waals surface area contributed by atoms with E-state index in [0.717, 1.165) is 27.5 Å². The van der Waals surface area contributed by atoms with E-state index in [4.69, 9.17) is 0 Å². The molecule has 0 aliphatic rings. The van der Waals surface area contributed by atoms with Crippen LogP contribution in [0.3, 0.4) is 0 Å². The van der Waals surface area contributed by atoms with Crippen molar-refractivity contribution in [3.8, 4) is 0 Å². The minimum atomic E-state index is -0.145. The molecule has 21 heavy (non-hydrogen) atoms. The summed E-state index contributed by atoms with van der Waals surface area (Å²) in [5, 5.41) is 6.93. The topological polar surface area (TPSA) is 54.4 Å². The fourth-order valence-corrected chi connectivity index (χ4v) is 2.86. The Bertz CT molecular complexity index is 689. The van der Waals surface area contributed by atoms with Crippen LogP contribution in [-0.4, -0.2) is 16.6 Å². The third kappa shape index (κ3) is 4.23. The number of hydrogen-bond acceptors (Lipinski definition) is 4. The first kappa shape index (κ1) is 15.4. The van der Waals surface area contributed by atoms with Gasteiger partial charge in [0.05, 0.1) is 12.1 Å². The molecule has 0 saturated heterocycles. The van der Waals surface area contributed by atoms with Crippen LogP contribution in [-0.2, 0) is 11.2 Å². The fourth-order valence-electron chi connectivity index (χ4n) is 2.09. The number of carbonyl (C=O) groups is 1. The van der Waals surface area contributed by atoms with Gasteiger partial charge in [0.15, 0.2) is 0 Å². The lowest BCUT2D eigenvalue weighted by Crippen LogP contribution is -2.21. The maximum Gasteiger partial charge on any atom is 0.246 e. The molecule has 0 saturated carbocycles. The van der Waals surface area contributed by atoms with E-state index in [9.17, 15) is 4.79 Å². The van der Waals surface area contributed by atoms with Gasteiger partial charge in [-0.3, -0.25) is 4.79 Å². The average Bonchev–Trinajstić information content (AvgIpc) is 2.81. The van der Waals surface area contributed by atoms with Gasteiger partial charge in [-0.1, -0.05) is 23.8 Å². The highest BCUT2D eigenvalue weighted by Crippen LogP contribution is 2.12. The molecule has 0 unspecified atom stereocenters. The number of carbonyl (C=O) groups excluding carboxylic acids is 1. The van der Waals surface area contributed by atoms with E-state index in [0.29, 0.717) is 0 Å². The summed E-state index contributed by atoms with van der Waals surface area (Å²) in [6.45, 7) is 7.91. The van der Waals surface area contributed by atoms with Crippen LogP contribution in [0.4, 0.5) is 0 Å². The zero-order valence-corrected chi connectivity index (χ0v) is 13.5. The van der Waals surface area contributed by atoms with Crippen molar-refractivity contribution in [2.75, 3.05) is 0 Å². The van der Waals surface area contributed by atoms with Crippen LogP contribution < -0.4 is 5.43 Å². The molecular weight excluding hydrogens is 282 g/mol. The van der Waals surface area contributed by atoms with Crippen LogP contribution in [0.1, 0.15) is 34.3 Å². The molecule has 0 aliphatic carbocycles. The Kier molecular flexibility index (Phi) is 4.85. The van der Waals surface area contributed by atoms with Crippen molar-refractivity contribution in [1.29, 1.82) is 0 Å². The normalized spacial score (nSPS) is 11.5. The van der Waals surface area contributed by atoms with Gasteiger partial charge in [-0.05, 0) is 33.3 Å². The number of aromatic nitrogens is 1. The summed E-state index contributed by atoms with van der Waals surface area (Å²) in [4.78, 5) is 16.1. The monoisotopic (exact) mass is 301 g/mol. The first-order valence-corrected chi connectivity index (χ1v) is 7.65. The van der Waals surface area contributed by atoms with E-state index >= 15 is 0 Å². The molecule has 5 heteroatoms. The summed E-state index contributed by atoms with van der Waals surface area (Å²) in [5.74, 6) is -0.145. The van der Waals surface area contributed by atoms with Gasteiger partial charge in [0.1, 0.15) is 5.01 Å². The van der Waals surface area contributed by atoms with E-state index in [1.54, 1.807) is 0 Å². The second-order valence-corrected chi connectivity index (χ2v) is 6.05. The minimum absolute atomic E-state index is 0.145. The molecule has 1 aromatic heterocycles. The van der Waals surface area contributed by atoms with Gasteiger partial charge in [0, 0.05) is 16.6 Å². The zero-order chi connectivity index (χ0) is 15.4. The summed E-state index contributed by atoms with van der Waals surface area (Å²) in [5.41, 5.74) is 7.76. The highest BCUT2D eigenvalue weighted by atomic mass is 32.1. The Balaban J connectivity index is 2.01. The number of rotatable bonds is 4. The summed E-state index contributed by atoms with van der Waals surface area (Å²) < 4.78 is 0. The lowest BCUT2D eigenvalue weighted by molar-refractivity contribution is -0.120. The van der Waals surface area contributed by atoms with Gasteiger partial charge in [0.2, 0.25) is 5.91 Å². The van der Waals surface area contributed by atoms with Crippen molar-refractivity contribution >= 4 is 23.0 Å². The third-order valence-electron chi connectivity index (χ3n) is 3.10. The van der Waals surface area contributed by atoms with Gasteiger partial charge in [-0.15, -0.1) is 11.3 Å². The quantitative estimate of drug-likeness (QED) is 0.696. The molecule has 0 bridgehead atoms. The van der Waals surface area contributed by atoms with Crippen LogP contribution in [0.25, 0.3) is 0 Å². The summed E-state index contributed by atoms with van der Waals surface area (Å²) in [6, 6.07) is 6.18. The molecular formula is C16H19N3OS. The molecule has 0 radical (unpaired) electrons. The molecule has 1 N–H and O–H groups in total. The first-order valence-electron chi connectivity index (χ1n) is 6.77. The molecule has 0 aliphatic heterocycles. The largest absolute Gasteiger partial charge is 0.273 e. The maximum absolute atomic E-state index is 11.8. The van der Waals surface area contributed by atoms with Crippen molar-refractivity contribution < 1.29 is 4.79 Å². The molecule has 1 aromatic carbocycles. The Morgan fingerprint density at radius 3 is 2.71 bits per heavy atom. The highest BCUT2D eigenvalue weighted by Gasteiger charge is 2.07. The average molecular weight is 301 g/mol. The molecule has 2 rings (SSSR count). The number of hydrazone groups is 1. The number of aryl methyl sites for hydroxylation is 3. The van der Waals surface area contributed by atoms with Crippen molar-refractivity contribution in [3.05, 3.63) is 51.0 Å². The predicted octanol–water partition coefficient (Wildman–Crippen LogP) is 3.15. The van der Waals surface area contributed by atoms with Crippen molar-refractivity contribution in [2.24, 2.45) is 5.10 Å². The second-order valence-electron chi connectivity index (χ2n) is 5.11. The van der Waals surface area contributed by atoms with Gasteiger partial charge >= 0.3 is 0 Å². The van der Waals surface area contributed by atoms with E-state index in [1.807, 2.05) is 38.3 Å². The SMILES string of the molecule is C/C(=N/NC(=O)Cc1nc(C)cs1)c1ccc(C)cc1C. The van der Waals surface area contributed by atoms with Crippen LogP contribution in [0.5, 0.6) is 0 Å². The Labute approximate surface area is 128 Å². The summed E-state index contributed by atoms with van der Waals surface area (Å²) >= 11 is 1.49. The summed E-state index contributed by atoms with van der Waals surface area (Å²) in [7, 11) is 0. The van der Waals surface area contributed by atoms with Crippen molar-refractivity contribution in [3.63, 3.8) is 0 Å². The second kappa shape index (κ2) is 6.63. The van der Waals surface area contributed by atoms with Crippen LogP contribution in [0.2, 0.25) is 0 Å². The molecule has 110 valence electrons. The molecule has 2 aromatic rings. The van der Waals surface area contributed by atoms with E-state index in [2.05, 4.69) is 28.5 Å². The predicted molar refractivity (Wildman–Crippen MR) is 86.8 cm³/mol. The molecule has 1 amide bonds. The number of nitrogens with one attached hydrogen (secondary N) is 1. The highest BCUT2D eigenvalue weighted by molar-refractivity contribution is 7.09. The number of thiazole rings is 1. The molecule has 0 atom stereocenters. The molecule has 0 spiro atoms. The smallest absolute Gasteiger partial charge is 0.246 e. The van der Waals surface area contributed by atoms with Crippen LogP contribution >= 0.6 is 11.3 Å². The zero-order valence-electron chi connectivity index (χ0n) is 12.7. The van der Waals surface area contributed by atoms with Crippen molar-refractivity contribution in [2.45, 2.75) is 34.1 Å².